The number of rotatable bonds is 11. The fourth-order valence-electron chi connectivity index (χ4n) is 5.45. The third-order valence-electron chi connectivity index (χ3n) is 7.16. The highest BCUT2D eigenvalue weighted by Crippen LogP contribution is 2.48. The molecule has 0 amide bonds. The summed E-state index contributed by atoms with van der Waals surface area (Å²) in [4.78, 5) is 0. The van der Waals surface area contributed by atoms with Crippen LogP contribution in [-0.4, -0.2) is 10.2 Å². The maximum Gasteiger partial charge on any atom is 0.115 e. The third kappa shape index (κ3) is 6.03. The van der Waals surface area contributed by atoms with Gasteiger partial charge < -0.3 is 10.2 Å². The van der Waals surface area contributed by atoms with E-state index in [1.807, 2.05) is 24.3 Å². The van der Waals surface area contributed by atoms with Crippen molar-refractivity contribution in [3.05, 3.63) is 59.7 Å². The van der Waals surface area contributed by atoms with Crippen molar-refractivity contribution in [2.75, 3.05) is 0 Å². The third-order valence-corrected chi connectivity index (χ3v) is 7.16. The zero-order chi connectivity index (χ0) is 21.2. The summed E-state index contributed by atoms with van der Waals surface area (Å²) in [7, 11) is 0. The lowest BCUT2D eigenvalue weighted by Gasteiger charge is -2.42. The molecule has 0 bridgehead atoms. The lowest BCUT2D eigenvalue weighted by molar-refractivity contribution is 0.240. The first kappa shape index (κ1) is 22.7. The fraction of sp³-hybridized carbons (Fsp3) is 0.571. The first-order valence-corrected chi connectivity index (χ1v) is 12.2. The molecule has 0 heterocycles. The minimum absolute atomic E-state index is 0.00946. The average Bonchev–Trinajstić information content (AvgIpc) is 2.76. The summed E-state index contributed by atoms with van der Waals surface area (Å²) in [6.45, 7) is 2.28. The monoisotopic (exact) mass is 408 g/mol. The second kappa shape index (κ2) is 11.4. The maximum absolute atomic E-state index is 9.80. The Morgan fingerprint density at radius 3 is 1.77 bits per heavy atom. The fourth-order valence-corrected chi connectivity index (χ4v) is 5.45. The number of phenols is 2. The van der Waals surface area contributed by atoms with Gasteiger partial charge in [0.25, 0.3) is 0 Å². The minimum Gasteiger partial charge on any atom is -0.508 e. The van der Waals surface area contributed by atoms with E-state index in [1.54, 1.807) is 0 Å². The van der Waals surface area contributed by atoms with Gasteiger partial charge in [-0.1, -0.05) is 102 Å². The van der Waals surface area contributed by atoms with Crippen LogP contribution < -0.4 is 0 Å². The summed E-state index contributed by atoms with van der Waals surface area (Å²) in [5.74, 6) is 1.40. The van der Waals surface area contributed by atoms with Crippen LogP contribution in [0.5, 0.6) is 11.5 Å². The molecule has 0 saturated heterocycles. The Morgan fingerprint density at radius 1 is 0.733 bits per heavy atom. The van der Waals surface area contributed by atoms with Crippen molar-refractivity contribution in [3.8, 4) is 11.5 Å². The predicted octanol–water partition coefficient (Wildman–Crippen LogP) is 8.10. The first-order chi connectivity index (χ1) is 14.6. The molecule has 1 unspecified atom stereocenters. The maximum atomic E-state index is 9.80. The van der Waals surface area contributed by atoms with Gasteiger partial charge in [0, 0.05) is 5.41 Å². The Morgan fingerprint density at radius 2 is 1.23 bits per heavy atom. The van der Waals surface area contributed by atoms with Gasteiger partial charge in [-0.15, -0.1) is 0 Å². The second-order valence-corrected chi connectivity index (χ2v) is 9.40. The van der Waals surface area contributed by atoms with Crippen LogP contribution in [0.4, 0.5) is 0 Å². The molecule has 2 aromatic rings. The molecule has 1 fully saturated rings. The van der Waals surface area contributed by atoms with Crippen LogP contribution in [0.1, 0.15) is 102 Å². The van der Waals surface area contributed by atoms with Crippen LogP contribution in [-0.2, 0) is 5.41 Å². The molecule has 0 radical (unpaired) electrons. The molecule has 1 atom stereocenters. The van der Waals surface area contributed by atoms with Crippen molar-refractivity contribution in [1.29, 1.82) is 0 Å². The van der Waals surface area contributed by atoms with Gasteiger partial charge in [-0.05, 0) is 54.2 Å². The summed E-state index contributed by atoms with van der Waals surface area (Å²) in [6.07, 6.45) is 17.2. The standard InChI is InChI=1S/C28H40O2/c1-2-3-4-5-6-7-8-9-11-23-12-10-21-28(22-23,24-13-17-26(29)18-14-24)25-15-19-27(30)20-16-25/h13-20,23,29-30H,2-12,21-22H2,1H3. The van der Waals surface area contributed by atoms with E-state index in [4.69, 9.17) is 0 Å². The van der Waals surface area contributed by atoms with Gasteiger partial charge in [0.05, 0.1) is 0 Å². The van der Waals surface area contributed by atoms with Crippen LogP contribution in [0.3, 0.4) is 0 Å². The van der Waals surface area contributed by atoms with Crippen molar-refractivity contribution in [2.24, 2.45) is 5.92 Å². The van der Waals surface area contributed by atoms with E-state index in [0.717, 1.165) is 12.3 Å². The molecule has 1 saturated carbocycles. The minimum atomic E-state index is -0.00946. The summed E-state index contributed by atoms with van der Waals surface area (Å²) in [5.41, 5.74) is 2.59. The smallest absolute Gasteiger partial charge is 0.115 e. The van der Waals surface area contributed by atoms with Gasteiger partial charge in [0.1, 0.15) is 11.5 Å². The number of hydrogen-bond donors (Lipinski definition) is 2. The van der Waals surface area contributed by atoms with Gasteiger partial charge in [-0.3, -0.25) is 0 Å². The highest BCUT2D eigenvalue weighted by atomic mass is 16.3. The normalized spacial score (nSPS) is 18.4. The molecule has 3 rings (SSSR count). The van der Waals surface area contributed by atoms with Gasteiger partial charge in [0.15, 0.2) is 0 Å². The summed E-state index contributed by atoms with van der Waals surface area (Å²) in [5, 5.41) is 19.6. The van der Waals surface area contributed by atoms with Crippen molar-refractivity contribution < 1.29 is 10.2 Å². The summed E-state index contributed by atoms with van der Waals surface area (Å²) >= 11 is 0. The Hall–Kier alpha value is -1.96. The van der Waals surface area contributed by atoms with Gasteiger partial charge in [-0.25, -0.2) is 0 Å². The molecule has 1 aliphatic rings. The highest BCUT2D eigenvalue weighted by molar-refractivity contribution is 5.43. The lowest BCUT2D eigenvalue weighted by atomic mass is 9.61. The molecule has 2 aromatic carbocycles. The molecule has 0 aromatic heterocycles. The molecular weight excluding hydrogens is 368 g/mol. The molecule has 1 aliphatic carbocycles. The first-order valence-electron chi connectivity index (χ1n) is 12.2. The van der Waals surface area contributed by atoms with Crippen LogP contribution in [0.15, 0.2) is 48.5 Å². The molecular formula is C28H40O2. The van der Waals surface area contributed by atoms with E-state index in [-0.39, 0.29) is 5.41 Å². The zero-order valence-electron chi connectivity index (χ0n) is 18.8. The molecule has 164 valence electrons. The van der Waals surface area contributed by atoms with E-state index >= 15 is 0 Å². The highest BCUT2D eigenvalue weighted by Gasteiger charge is 2.39. The summed E-state index contributed by atoms with van der Waals surface area (Å²) in [6, 6.07) is 15.7. The zero-order valence-corrected chi connectivity index (χ0v) is 18.8. The number of benzene rings is 2. The topological polar surface area (TPSA) is 40.5 Å². The van der Waals surface area contributed by atoms with Crippen LogP contribution in [0, 0.1) is 5.92 Å². The molecule has 0 spiro atoms. The van der Waals surface area contributed by atoms with E-state index < -0.39 is 0 Å². The average molecular weight is 409 g/mol. The number of hydrogen-bond acceptors (Lipinski definition) is 2. The molecule has 2 heteroatoms. The van der Waals surface area contributed by atoms with E-state index in [2.05, 4.69) is 31.2 Å². The summed E-state index contributed by atoms with van der Waals surface area (Å²) < 4.78 is 0. The van der Waals surface area contributed by atoms with Gasteiger partial charge in [0.2, 0.25) is 0 Å². The van der Waals surface area contributed by atoms with Gasteiger partial charge >= 0.3 is 0 Å². The SMILES string of the molecule is CCCCCCCCCCC1CCCC(c2ccc(O)cc2)(c2ccc(O)cc2)C1. The Bertz CT molecular complexity index is 687. The van der Waals surface area contributed by atoms with E-state index in [9.17, 15) is 10.2 Å². The number of phenolic OH excluding ortho intramolecular Hbond substituents is 2. The molecule has 0 aliphatic heterocycles. The number of unbranched alkanes of at least 4 members (excludes halogenated alkanes) is 7. The van der Waals surface area contributed by atoms with Crippen molar-refractivity contribution in [2.45, 2.75) is 95.8 Å². The largest absolute Gasteiger partial charge is 0.508 e. The van der Waals surface area contributed by atoms with Gasteiger partial charge in [-0.2, -0.15) is 0 Å². The van der Waals surface area contributed by atoms with Crippen molar-refractivity contribution in [3.63, 3.8) is 0 Å². The second-order valence-electron chi connectivity index (χ2n) is 9.40. The predicted molar refractivity (Wildman–Crippen MR) is 126 cm³/mol. The van der Waals surface area contributed by atoms with Crippen LogP contribution in [0.25, 0.3) is 0 Å². The van der Waals surface area contributed by atoms with Crippen LogP contribution in [0.2, 0.25) is 0 Å². The van der Waals surface area contributed by atoms with Crippen molar-refractivity contribution in [1.82, 2.24) is 0 Å². The Balaban J connectivity index is 1.63. The van der Waals surface area contributed by atoms with Crippen LogP contribution >= 0.6 is 0 Å². The number of aromatic hydroxyl groups is 2. The van der Waals surface area contributed by atoms with E-state index in [1.165, 1.54) is 88.2 Å². The molecule has 30 heavy (non-hydrogen) atoms. The molecule has 2 nitrogen and oxygen atoms in total. The Kier molecular flexibility index (Phi) is 8.66. The lowest BCUT2D eigenvalue weighted by Crippen LogP contribution is -2.34. The quantitative estimate of drug-likeness (QED) is 0.369. The van der Waals surface area contributed by atoms with Crippen molar-refractivity contribution >= 4 is 0 Å². The van der Waals surface area contributed by atoms with E-state index in [0.29, 0.717) is 11.5 Å². The Labute approximate surface area is 183 Å². The molecule has 2 N–H and O–H groups in total.